The number of nitrogens with two attached hydrogens (primary N) is 1. The summed E-state index contributed by atoms with van der Waals surface area (Å²) in [5.74, 6) is -0.327. The van der Waals surface area contributed by atoms with E-state index in [-0.39, 0.29) is 23.7 Å². The number of pyridine rings is 1. The Labute approximate surface area is 129 Å². The predicted molar refractivity (Wildman–Crippen MR) is 84.3 cm³/mol. The summed E-state index contributed by atoms with van der Waals surface area (Å²) in [6, 6.07) is 3.41. The highest BCUT2D eigenvalue weighted by Crippen LogP contribution is 2.24. The normalized spacial score (nSPS) is 11.5. The minimum Gasteiger partial charge on any atom is -0.397 e. The topological polar surface area (TPSA) is 106 Å². The first kappa shape index (κ1) is 16.0. The fourth-order valence-electron chi connectivity index (χ4n) is 2.11. The summed E-state index contributed by atoms with van der Waals surface area (Å²) < 4.78 is 1.79. The average molecular weight is 303 g/mol. The maximum Gasteiger partial charge on any atom is 0.271 e. The van der Waals surface area contributed by atoms with Crippen molar-refractivity contribution in [3.63, 3.8) is 0 Å². The molecular formula is C15H21N5O2. The predicted octanol–water partition coefficient (Wildman–Crippen LogP) is 1.00. The molecule has 0 aliphatic rings. The van der Waals surface area contributed by atoms with Gasteiger partial charge in [-0.15, -0.1) is 0 Å². The SMILES string of the molecule is CNC(=O)c1nc(-c2cnn(C(C)(C)CCO)c2)ccc1N. The van der Waals surface area contributed by atoms with Gasteiger partial charge in [-0.25, -0.2) is 4.98 Å². The van der Waals surface area contributed by atoms with E-state index in [1.165, 1.54) is 7.05 Å². The van der Waals surface area contributed by atoms with Gasteiger partial charge in [0.05, 0.1) is 23.1 Å². The maximum absolute atomic E-state index is 11.8. The first-order valence-electron chi connectivity index (χ1n) is 7.04. The number of aliphatic hydroxyl groups excluding tert-OH is 1. The number of aliphatic hydroxyl groups is 1. The zero-order valence-corrected chi connectivity index (χ0v) is 13.0. The molecule has 2 heterocycles. The molecule has 2 aromatic rings. The number of nitrogen functional groups attached to an aromatic ring is 1. The van der Waals surface area contributed by atoms with Gasteiger partial charge in [0.25, 0.3) is 5.91 Å². The van der Waals surface area contributed by atoms with Crippen molar-refractivity contribution in [1.29, 1.82) is 0 Å². The third kappa shape index (κ3) is 3.09. The van der Waals surface area contributed by atoms with Crippen LogP contribution in [0.25, 0.3) is 11.3 Å². The molecule has 7 heteroatoms. The van der Waals surface area contributed by atoms with Crippen molar-refractivity contribution in [3.05, 3.63) is 30.2 Å². The van der Waals surface area contributed by atoms with Crippen molar-refractivity contribution in [2.75, 3.05) is 19.4 Å². The fraction of sp³-hybridized carbons (Fsp3) is 0.400. The highest BCUT2D eigenvalue weighted by Gasteiger charge is 2.21. The maximum atomic E-state index is 11.8. The molecule has 0 bridgehead atoms. The molecule has 4 N–H and O–H groups in total. The van der Waals surface area contributed by atoms with Crippen LogP contribution in [0.1, 0.15) is 30.8 Å². The summed E-state index contributed by atoms with van der Waals surface area (Å²) in [4.78, 5) is 16.1. The summed E-state index contributed by atoms with van der Waals surface area (Å²) in [6.07, 6.45) is 4.12. The second-order valence-corrected chi connectivity index (χ2v) is 5.67. The van der Waals surface area contributed by atoms with Crippen molar-refractivity contribution in [3.8, 4) is 11.3 Å². The average Bonchev–Trinajstić information content (AvgIpc) is 2.97. The van der Waals surface area contributed by atoms with Crippen molar-refractivity contribution < 1.29 is 9.90 Å². The van der Waals surface area contributed by atoms with E-state index < -0.39 is 0 Å². The van der Waals surface area contributed by atoms with Crippen LogP contribution >= 0.6 is 0 Å². The van der Waals surface area contributed by atoms with E-state index in [0.29, 0.717) is 17.8 Å². The Morgan fingerprint density at radius 3 is 2.82 bits per heavy atom. The lowest BCUT2D eigenvalue weighted by Gasteiger charge is -2.24. The van der Waals surface area contributed by atoms with E-state index in [1.54, 1.807) is 23.0 Å². The molecule has 1 amide bonds. The molecule has 0 spiro atoms. The quantitative estimate of drug-likeness (QED) is 0.764. The monoisotopic (exact) mass is 303 g/mol. The number of rotatable bonds is 5. The number of carbonyl (C=O) groups is 1. The van der Waals surface area contributed by atoms with Crippen LogP contribution in [0.15, 0.2) is 24.5 Å². The summed E-state index contributed by atoms with van der Waals surface area (Å²) in [6.45, 7) is 4.07. The third-order valence-corrected chi connectivity index (χ3v) is 3.59. The molecule has 118 valence electrons. The molecule has 2 rings (SSSR count). The van der Waals surface area contributed by atoms with E-state index in [9.17, 15) is 4.79 Å². The van der Waals surface area contributed by atoms with Crippen LogP contribution in [0, 0.1) is 0 Å². The van der Waals surface area contributed by atoms with Gasteiger partial charge in [-0.3, -0.25) is 9.48 Å². The molecule has 2 aromatic heterocycles. The molecule has 0 aliphatic heterocycles. The summed E-state index contributed by atoms with van der Waals surface area (Å²) in [5, 5.41) is 16.0. The number of hydrogen-bond donors (Lipinski definition) is 3. The van der Waals surface area contributed by atoms with Crippen molar-refractivity contribution in [1.82, 2.24) is 20.1 Å². The number of aromatic nitrogens is 3. The fourth-order valence-corrected chi connectivity index (χ4v) is 2.11. The highest BCUT2D eigenvalue weighted by molar-refractivity contribution is 5.97. The van der Waals surface area contributed by atoms with Gasteiger partial charge in [0.2, 0.25) is 0 Å². The van der Waals surface area contributed by atoms with Crippen molar-refractivity contribution in [2.45, 2.75) is 25.8 Å². The van der Waals surface area contributed by atoms with Crippen LogP contribution in [0.4, 0.5) is 5.69 Å². The van der Waals surface area contributed by atoms with Crippen LogP contribution < -0.4 is 11.1 Å². The van der Waals surface area contributed by atoms with Crippen LogP contribution in [0.2, 0.25) is 0 Å². The van der Waals surface area contributed by atoms with E-state index in [1.807, 2.05) is 20.0 Å². The molecular weight excluding hydrogens is 282 g/mol. The molecule has 0 saturated carbocycles. The molecule has 0 atom stereocenters. The van der Waals surface area contributed by atoms with Crippen molar-refractivity contribution in [2.24, 2.45) is 0 Å². The number of nitrogens with one attached hydrogen (secondary N) is 1. The second-order valence-electron chi connectivity index (χ2n) is 5.67. The van der Waals surface area contributed by atoms with Gasteiger partial charge >= 0.3 is 0 Å². The highest BCUT2D eigenvalue weighted by atomic mass is 16.3. The van der Waals surface area contributed by atoms with Crippen LogP contribution in [-0.4, -0.2) is 39.4 Å². The minimum atomic E-state index is -0.327. The standard InChI is InChI=1S/C15H21N5O2/c1-15(2,6-7-21)20-9-10(8-18-20)12-5-4-11(16)13(19-12)14(22)17-3/h4-5,8-9,21H,6-7,16H2,1-3H3,(H,17,22). The van der Waals surface area contributed by atoms with E-state index in [4.69, 9.17) is 10.8 Å². The number of anilines is 1. The zero-order valence-electron chi connectivity index (χ0n) is 13.0. The Bertz CT molecular complexity index is 678. The van der Waals surface area contributed by atoms with E-state index in [2.05, 4.69) is 15.4 Å². The van der Waals surface area contributed by atoms with Gasteiger partial charge in [-0.2, -0.15) is 5.10 Å². The van der Waals surface area contributed by atoms with Gasteiger partial charge in [0.15, 0.2) is 5.69 Å². The molecule has 0 radical (unpaired) electrons. The lowest BCUT2D eigenvalue weighted by Crippen LogP contribution is -2.27. The summed E-state index contributed by atoms with van der Waals surface area (Å²) >= 11 is 0. The number of amides is 1. The van der Waals surface area contributed by atoms with Crippen LogP contribution in [0.5, 0.6) is 0 Å². The Morgan fingerprint density at radius 2 is 2.18 bits per heavy atom. The first-order chi connectivity index (χ1) is 10.4. The van der Waals surface area contributed by atoms with E-state index in [0.717, 1.165) is 5.56 Å². The number of nitrogens with zero attached hydrogens (tertiary/aromatic N) is 3. The number of carbonyl (C=O) groups excluding carboxylic acids is 1. The third-order valence-electron chi connectivity index (χ3n) is 3.59. The summed E-state index contributed by atoms with van der Waals surface area (Å²) in [5.41, 5.74) is 7.42. The Kier molecular flexibility index (Phi) is 4.46. The lowest BCUT2D eigenvalue weighted by molar-refractivity contribution is 0.0959. The lowest BCUT2D eigenvalue weighted by atomic mass is 10.0. The molecule has 7 nitrogen and oxygen atoms in total. The summed E-state index contributed by atoms with van der Waals surface area (Å²) in [7, 11) is 1.53. The van der Waals surface area contributed by atoms with Gasteiger partial charge in [0, 0.05) is 25.4 Å². The second kappa shape index (κ2) is 6.15. The molecule has 0 saturated heterocycles. The molecule has 0 aliphatic carbocycles. The first-order valence-corrected chi connectivity index (χ1v) is 7.04. The zero-order chi connectivity index (χ0) is 16.3. The minimum absolute atomic E-state index is 0.0864. The number of hydrogen-bond acceptors (Lipinski definition) is 5. The van der Waals surface area contributed by atoms with Crippen LogP contribution in [-0.2, 0) is 5.54 Å². The van der Waals surface area contributed by atoms with Crippen molar-refractivity contribution >= 4 is 11.6 Å². The Hall–Kier alpha value is -2.41. The molecule has 0 fully saturated rings. The molecule has 0 unspecified atom stereocenters. The molecule has 22 heavy (non-hydrogen) atoms. The van der Waals surface area contributed by atoms with Crippen LogP contribution in [0.3, 0.4) is 0 Å². The Balaban J connectivity index is 2.38. The van der Waals surface area contributed by atoms with Gasteiger partial charge in [-0.1, -0.05) is 0 Å². The molecule has 0 aromatic carbocycles. The smallest absolute Gasteiger partial charge is 0.271 e. The Morgan fingerprint density at radius 1 is 1.45 bits per heavy atom. The van der Waals surface area contributed by atoms with Gasteiger partial charge in [0.1, 0.15) is 0 Å². The van der Waals surface area contributed by atoms with E-state index >= 15 is 0 Å². The van der Waals surface area contributed by atoms with Gasteiger partial charge in [-0.05, 0) is 32.4 Å². The van der Waals surface area contributed by atoms with Gasteiger partial charge < -0.3 is 16.2 Å². The largest absolute Gasteiger partial charge is 0.397 e.